The molecule has 0 radical (unpaired) electrons. The minimum Gasteiger partial charge on any atom is -0.487 e. The summed E-state index contributed by atoms with van der Waals surface area (Å²) in [6.07, 6.45) is 1.60. The first kappa shape index (κ1) is 22.6. The molecule has 2 rings (SSSR count). The van der Waals surface area contributed by atoms with Crippen molar-refractivity contribution in [2.24, 2.45) is 0 Å². The van der Waals surface area contributed by atoms with Gasteiger partial charge in [-0.1, -0.05) is 6.07 Å². The van der Waals surface area contributed by atoms with Gasteiger partial charge < -0.3 is 15.2 Å². The normalized spacial score (nSPS) is 10.5. The molecular weight excluding hydrogens is 394 g/mol. The lowest BCUT2D eigenvalue weighted by Gasteiger charge is -2.12. The summed E-state index contributed by atoms with van der Waals surface area (Å²) in [6.45, 7) is 3.97. The summed E-state index contributed by atoms with van der Waals surface area (Å²) in [5.41, 5.74) is 1.80. The third kappa shape index (κ3) is 6.16. The molecule has 0 aliphatic heterocycles. The number of carboxylic acid groups (broad SMARTS) is 1. The van der Waals surface area contributed by atoms with Crippen molar-refractivity contribution in [3.05, 3.63) is 61.7 Å². The van der Waals surface area contributed by atoms with Gasteiger partial charge in [-0.2, -0.15) is 0 Å². The molecule has 0 saturated carbocycles. The highest BCUT2D eigenvalue weighted by Gasteiger charge is 2.26. The Bertz CT molecular complexity index is 960. The van der Waals surface area contributed by atoms with Gasteiger partial charge in [0.1, 0.15) is 5.69 Å². The van der Waals surface area contributed by atoms with Gasteiger partial charge in [-0.25, -0.2) is 0 Å². The van der Waals surface area contributed by atoms with E-state index < -0.39 is 27.2 Å². The molecule has 0 bridgehead atoms. The maximum Gasteiger partial charge on any atom is 0.317 e. The monoisotopic (exact) mass is 417 g/mol. The van der Waals surface area contributed by atoms with Gasteiger partial charge >= 0.3 is 11.7 Å². The third-order valence-electron chi connectivity index (χ3n) is 4.55. The molecule has 0 spiro atoms. The van der Waals surface area contributed by atoms with Crippen molar-refractivity contribution in [3.8, 4) is 5.75 Å². The molecule has 2 aromatic rings. The number of aliphatic carboxylic acids is 1. The van der Waals surface area contributed by atoms with Gasteiger partial charge in [-0.05, 0) is 56.4 Å². The van der Waals surface area contributed by atoms with Crippen molar-refractivity contribution >= 4 is 28.7 Å². The first-order valence-electron chi connectivity index (χ1n) is 9.34. The molecular formula is C20H23N3O7. The average Bonchev–Trinajstić information content (AvgIpc) is 2.66. The lowest BCUT2D eigenvalue weighted by atomic mass is 10.1. The summed E-state index contributed by atoms with van der Waals surface area (Å²) >= 11 is 0. The number of unbranched alkanes of at least 4 members (excludes halogenated alkanes) is 2. The predicted molar refractivity (Wildman–Crippen MR) is 111 cm³/mol. The van der Waals surface area contributed by atoms with Crippen molar-refractivity contribution in [2.45, 2.75) is 39.5 Å². The number of hydrogen-bond acceptors (Lipinski definition) is 7. The second-order valence-electron chi connectivity index (χ2n) is 6.83. The van der Waals surface area contributed by atoms with E-state index >= 15 is 0 Å². The van der Waals surface area contributed by atoms with Gasteiger partial charge in [0, 0.05) is 18.2 Å². The molecule has 0 unspecified atom stereocenters. The maximum atomic E-state index is 11.5. The maximum absolute atomic E-state index is 11.5. The molecule has 0 aromatic heterocycles. The number of hydrogen-bond donors (Lipinski definition) is 2. The second-order valence-corrected chi connectivity index (χ2v) is 6.83. The first-order chi connectivity index (χ1) is 14.2. The van der Waals surface area contributed by atoms with Crippen molar-refractivity contribution in [1.82, 2.24) is 0 Å². The van der Waals surface area contributed by atoms with E-state index in [4.69, 9.17) is 9.84 Å². The van der Waals surface area contributed by atoms with E-state index in [0.717, 1.165) is 17.2 Å². The van der Waals surface area contributed by atoms with Crippen LogP contribution in [0.1, 0.15) is 36.8 Å². The second kappa shape index (κ2) is 10.2. The zero-order chi connectivity index (χ0) is 22.3. The zero-order valence-corrected chi connectivity index (χ0v) is 16.7. The zero-order valence-electron chi connectivity index (χ0n) is 16.7. The number of anilines is 2. The van der Waals surface area contributed by atoms with Crippen LogP contribution in [0.25, 0.3) is 0 Å². The summed E-state index contributed by atoms with van der Waals surface area (Å²) < 4.78 is 5.51. The Morgan fingerprint density at radius 3 is 2.30 bits per heavy atom. The van der Waals surface area contributed by atoms with E-state index in [9.17, 15) is 25.0 Å². The van der Waals surface area contributed by atoms with Crippen LogP contribution >= 0.6 is 0 Å². The van der Waals surface area contributed by atoms with Crippen LogP contribution in [0.4, 0.5) is 22.7 Å². The number of carboxylic acids is 1. The number of ether oxygens (including phenoxy) is 1. The molecule has 10 heteroatoms. The highest BCUT2D eigenvalue weighted by atomic mass is 16.6. The number of nitro groups is 2. The molecule has 0 aliphatic carbocycles. The smallest absolute Gasteiger partial charge is 0.317 e. The summed E-state index contributed by atoms with van der Waals surface area (Å²) in [4.78, 5) is 31.9. The summed E-state index contributed by atoms with van der Waals surface area (Å²) in [7, 11) is 0. The predicted octanol–water partition coefficient (Wildman–Crippen LogP) is 4.89. The summed E-state index contributed by atoms with van der Waals surface area (Å²) in [6, 6.07) is 7.58. The van der Waals surface area contributed by atoms with Crippen molar-refractivity contribution < 1.29 is 24.5 Å². The van der Waals surface area contributed by atoms with Gasteiger partial charge in [0.05, 0.1) is 22.5 Å². The van der Waals surface area contributed by atoms with E-state index in [0.29, 0.717) is 24.9 Å². The van der Waals surface area contributed by atoms with Crippen LogP contribution in [0.15, 0.2) is 30.3 Å². The van der Waals surface area contributed by atoms with Crippen LogP contribution in [-0.4, -0.2) is 27.5 Å². The van der Waals surface area contributed by atoms with Crippen LogP contribution in [0, 0.1) is 34.1 Å². The van der Waals surface area contributed by atoms with Gasteiger partial charge in [0.15, 0.2) is 5.75 Å². The highest BCUT2D eigenvalue weighted by Crippen LogP contribution is 2.39. The van der Waals surface area contributed by atoms with Gasteiger partial charge in [0.25, 0.3) is 5.69 Å². The Kier molecular flexibility index (Phi) is 7.68. The topological polar surface area (TPSA) is 145 Å². The third-order valence-corrected chi connectivity index (χ3v) is 4.55. The standard InChI is InChI=1S/C20H23N3O7/c1-13-7-8-15(10-14(13)2)21-16-11-19(30-9-5-3-4-6-20(24)25)18(23(28)29)12-17(16)22(26)27/h7-8,10-12,21H,3-6,9H2,1-2H3,(H,24,25). The van der Waals surface area contributed by atoms with Crippen molar-refractivity contribution in [3.63, 3.8) is 0 Å². The molecule has 0 aliphatic rings. The molecule has 10 nitrogen and oxygen atoms in total. The molecule has 0 fully saturated rings. The van der Waals surface area contributed by atoms with Gasteiger partial charge in [-0.3, -0.25) is 25.0 Å². The molecule has 0 heterocycles. The minimum absolute atomic E-state index is 0.0434. The number of nitro benzene ring substituents is 2. The quantitative estimate of drug-likeness (QED) is 0.299. The lowest BCUT2D eigenvalue weighted by Crippen LogP contribution is -2.04. The molecule has 160 valence electrons. The van der Waals surface area contributed by atoms with Crippen molar-refractivity contribution in [2.75, 3.05) is 11.9 Å². The van der Waals surface area contributed by atoms with Crippen LogP contribution in [0.5, 0.6) is 5.75 Å². The van der Waals surface area contributed by atoms with E-state index in [1.54, 1.807) is 6.07 Å². The Morgan fingerprint density at radius 1 is 1.00 bits per heavy atom. The summed E-state index contributed by atoms with van der Waals surface area (Å²) in [5.74, 6) is -0.973. The SMILES string of the molecule is Cc1ccc(Nc2cc(OCCCCCC(=O)O)c([N+](=O)[O-])cc2[N+](=O)[O-])cc1C. The Hall–Kier alpha value is -3.69. The van der Waals surface area contributed by atoms with Crippen LogP contribution in [-0.2, 0) is 4.79 Å². The molecule has 0 saturated heterocycles. The van der Waals surface area contributed by atoms with Gasteiger partial charge in [-0.15, -0.1) is 0 Å². The minimum atomic E-state index is -0.885. The number of aryl methyl sites for hydroxylation is 2. The lowest BCUT2D eigenvalue weighted by molar-refractivity contribution is -0.394. The van der Waals surface area contributed by atoms with Crippen LogP contribution < -0.4 is 10.1 Å². The number of carbonyl (C=O) groups is 1. The Labute approximate surface area is 172 Å². The fourth-order valence-electron chi connectivity index (χ4n) is 2.78. The van der Waals surface area contributed by atoms with Gasteiger partial charge in [0.2, 0.25) is 0 Å². The largest absolute Gasteiger partial charge is 0.487 e. The van der Waals surface area contributed by atoms with E-state index in [1.165, 1.54) is 6.07 Å². The average molecular weight is 417 g/mol. The fourth-order valence-corrected chi connectivity index (χ4v) is 2.78. The number of nitrogens with one attached hydrogen (secondary N) is 1. The number of benzene rings is 2. The van der Waals surface area contributed by atoms with E-state index in [-0.39, 0.29) is 24.5 Å². The molecule has 2 N–H and O–H groups in total. The number of rotatable bonds is 11. The summed E-state index contributed by atoms with van der Waals surface area (Å²) in [5, 5.41) is 34.4. The van der Waals surface area contributed by atoms with Crippen LogP contribution in [0.3, 0.4) is 0 Å². The van der Waals surface area contributed by atoms with Crippen molar-refractivity contribution in [1.29, 1.82) is 0 Å². The number of nitrogens with zero attached hydrogens (tertiary/aromatic N) is 2. The molecule has 0 amide bonds. The Balaban J connectivity index is 2.25. The molecule has 0 atom stereocenters. The fraction of sp³-hybridized carbons (Fsp3) is 0.350. The Morgan fingerprint density at radius 2 is 1.70 bits per heavy atom. The molecule has 2 aromatic carbocycles. The van der Waals surface area contributed by atoms with E-state index in [2.05, 4.69) is 5.32 Å². The highest BCUT2D eigenvalue weighted by molar-refractivity contribution is 5.75. The van der Waals surface area contributed by atoms with E-state index in [1.807, 2.05) is 26.0 Å². The molecule has 30 heavy (non-hydrogen) atoms. The first-order valence-corrected chi connectivity index (χ1v) is 9.34. The van der Waals surface area contributed by atoms with Crippen LogP contribution in [0.2, 0.25) is 0 Å².